The second-order valence-corrected chi connectivity index (χ2v) is 5.04. The van der Waals surface area contributed by atoms with Crippen LogP contribution in [0.4, 0.5) is 11.4 Å². The SMILES string of the molecule is COCCCCCCNc1c(NC(C)C)c(=O)c1=O. The van der Waals surface area contributed by atoms with E-state index < -0.39 is 10.9 Å². The highest BCUT2D eigenvalue weighted by atomic mass is 16.5. The summed E-state index contributed by atoms with van der Waals surface area (Å²) < 4.78 is 4.98. The van der Waals surface area contributed by atoms with Gasteiger partial charge in [-0.15, -0.1) is 0 Å². The Bertz CT molecular complexity index is 448. The number of anilines is 2. The van der Waals surface area contributed by atoms with Gasteiger partial charge >= 0.3 is 0 Å². The standard InChI is InChI=1S/C14H24N2O3/c1-10(2)16-12-11(13(17)14(12)18)15-8-6-4-5-7-9-19-3/h10,15-16H,4-9H2,1-3H3. The molecular formula is C14H24N2O3. The molecule has 0 saturated heterocycles. The van der Waals surface area contributed by atoms with Crippen molar-refractivity contribution in [2.24, 2.45) is 0 Å². The highest BCUT2D eigenvalue weighted by Gasteiger charge is 2.20. The Hall–Kier alpha value is -1.36. The van der Waals surface area contributed by atoms with Crippen molar-refractivity contribution >= 4 is 11.4 Å². The van der Waals surface area contributed by atoms with E-state index in [2.05, 4.69) is 10.6 Å². The van der Waals surface area contributed by atoms with Crippen LogP contribution in [0.3, 0.4) is 0 Å². The van der Waals surface area contributed by atoms with E-state index in [1.54, 1.807) is 7.11 Å². The molecule has 0 unspecified atom stereocenters. The first kappa shape index (κ1) is 15.7. The molecule has 1 rings (SSSR count). The Morgan fingerprint density at radius 1 is 1.00 bits per heavy atom. The third kappa shape index (κ3) is 4.67. The van der Waals surface area contributed by atoms with E-state index in [0.29, 0.717) is 11.4 Å². The third-order valence-corrected chi connectivity index (χ3v) is 2.92. The van der Waals surface area contributed by atoms with Crippen LogP contribution in [0.5, 0.6) is 0 Å². The maximum absolute atomic E-state index is 11.4. The molecule has 0 radical (unpaired) electrons. The molecule has 1 aromatic rings. The molecule has 108 valence electrons. The largest absolute Gasteiger partial charge is 0.385 e. The van der Waals surface area contributed by atoms with Gasteiger partial charge in [-0.05, 0) is 26.7 Å². The van der Waals surface area contributed by atoms with Gasteiger partial charge in [0.25, 0.3) is 10.9 Å². The summed E-state index contributed by atoms with van der Waals surface area (Å²) in [6.07, 6.45) is 4.28. The zero-order valence-corrected chi connectivity index (χ0v) is 12.0. The molecule has 5 nitrogen and oxygen atoms in total. The minimum Gasteiger partial charge on any atom is -0.385 e. The number of hydrogen-bond donors (Lipinski definition) is 2. The van der Waals surface area contributed by atoms with Crippen molar-refractivity contribution in [3.8, 4) is 0 Å². The Morgan fingerprint density at radius 2 is 1.63 bits per heavy atom. The fourth-order valence-electron chi connectivity index (χ4n) is 1.93. The molecule has 1 aromatic carbocycles. The van der Waals surface area contributed by atoms with Crippen molar-refractivity contribution in [1.29, 1.82) is 0 Å². The van der Waals surface area contributed by atoms with Crippen LogP contribution in [0.15, 0.2) is 9.59 Å². The van der Waals surface area contributed by atoms with Crippen LogP contribution in [-0.4, -0.2) is 26.3 Å². The summed E-state index contributed by atoms with van der Waals surface area (Å²) in [6, 6.07) is 0.151. The van der Waals surface area contributed by atoms with Crippen LogP contribution in [0.25, 0.3) is 0 Å². The Labute approximate surface area is 114 Å². The van der Waals surface area contributed by atoms with E-state index in [0.717, 1.165) is 38.8 Å². The van der Waals surface area contributed by atoms with Crippen LogP contribution < -0.4 is 21.5 Å². The first-order valence-corrected chi connectivity index (χ1v) is 6.90. The van der Waals surface area contributed by atoms with Crippen LogP contribution in [0, 0.1) is 0 Å². The molecule has 0 saturated carbocycles. The van der Waals surface area contributed by atoms with E-state index in [-0.39, 0.29) is 6.04 Å². The monoisotopic (exact) mass is 268 g/mol. The number of rotatable bonds is 10. The average molecular weight is 268 g/mol. The summed E-state index contributed by atoms with van der Waals surface area (Å²) in [5.41, 5.74) is 0.0915. The highest BCUT2D eigenvalue weighted by Crippen LogP contribution is 2.15. The lowest BCUT2D eigenvalue weighted by molar-refractivity contribution is 0.192. The fourth-order valence-corrected chi connectivity index (χ4v) is 1.93. The molecule has 19 heavy (non-hydrogen) atoms. The maximum atomic E-state index is 11.4. The quantitative estimate of drug-likeness (QED) is 0.499. The summed E-state index contributed by atoms with van der Waals surface area (Å²) in [5, 5.41) is 6.07. The van der Waals surface area contributed by atoms with Gasteiger partial charge in [0.1, 0.15) is 11.4 Å². The van der Waals surface area contributed by atoms with Crippen molar-refractivity contribution in [3.05, 3.63) is 20.4 Å². The number of nitrogens with one attached hydrogen (secondary N) is 2. The number of ether oxygens (including phenoxy) is 1. The lowest BCUT2D eigenvalue weighted by Crippen LogP contribution is -2.38. The Morgan fingerprint density at radius 3 is 2.26 bits per heavy atom. The molecule has 0 spiro atoms. The summed E-state index contributed by atoms with van der Waals surface area (Å²) in [4.78, 5) is 22.8. The van der Waals surface area contributed by atoms with E-state index in [1.807, 2.05) is 13.8 Å². The average Bonchev–Trinajstić information content (AvgIpc) is 2.39. The molecule has 0 heterocycles. The zero-order valence-electron chi connectivity index (χ0n) is 12.0. The fraction of sp³-hybridized carbons (Fsp3) is 0.714. The lowest BCUT2D eigenvalue weighted by atomic mass is 10.1. The van der Waals surface area contributed by atoms with Gasteiger partial charge in [-0.25, -0.2) is 0 Å². The Balaban J connectivity index is 2.28. The van der Waals surface area contributed by atoms with Crippen molar-refractivity contribution in [3.63, 3.8) is 0 Å². The third-order valence-electron chi connectivity index (χ3n) is 2.92. The van der Waals surface area contributed by atoms with E-state index >= 15 is 0 Å². The summed E-state index contributed by atoms with van der Waals surface area (Å²) >= 11 is 0. The van der Waals surface area contributed by atoms with Crippen molar-refractivity contribution in [1.82, 2.24) is 0 Å². The van der Waals surface area contributed by atoms with Crippen LogP contribution in [0.2, 0.25) is 0 Å². The normalized spacial score (nSPS) is 11.2. The van der Waals surface area contributed by atoms with Crippen LogP contribution in [0.1, 0.15) is 39.5 Å². The second kappa shape index (κ2) is 7.94. The van der Waals surface area contributed by atoms with Gasteiger partial charge in [-0.1, -0.05) is 12.8 Å². The van der Waals surface area contributed by atoms with Gasteiger partial charge in [-0.2, -0.15) is 0 Å². The topological polar surface area (TPSA) is 67.4 Å². The predicted molar refractivity (Wildman–Crippen MR) is 78.9 cm³/mol. The number of hydrogen-bond acceptors (Lipinski definition) is 5. The first-order valence-electron chi connectivity index (χ1n) is 6.90. The lowest BCUT2D eigenvalue weighted by Gasteiger charge is -2.16. The van der Waals surface area contributed by atoms with Crippen LogP contribution in [-0.2, 0) is 4.74 Å². The number of unbranched alkanes of at least 4 members (excludes halogenated alkanes) is 3. The molecule has 2 N–H and O–H groups in total. The Kier molecular flexibility index (Phi) is 6.56. The van der Waals surface area contributed by atoms with Crippen molar-refractivity contribution < 1.29 is 4.74 Å². The van der Waals surface area contributed by atoms with E-state index in [9.17, 15) is 9.59 Å². The van der Waals surface area contributed by atoms with Gasteiger partial charge in [0.15, 0.2) is 0 Å². The van der Waals surface area contributed by atoms with Gasteiger partial charge in [0, 0.05) is 26.3 Å². The zero-order chi connectivity index (χ0) is 14.3. The van der Waals surface area contributed by atoms with Gasteiger partial charge in [0.05, 0.1) is 0 Å². The number of methoxy groups -OCH3 is 1. The summed E-state index contributed by atoms with van der Waals surface area (Å²) in [5.74, 6) is 0. The second-order valence-electron chi connectivity index (χ2n) is 5.04. The smallest absolute Gasteiger partial charge is 0.253 e. The highest BCUT2D eigenvalue weighted by molar-refractivity contribution is 5.74. The molecule has 5 heteroatoms. The molecule has 0 atom stereocenters. The summed E-state index contributed by atoms with van der Waals surface area (Å²) in [7, 11) is 1.70. The van der Waals surface area contributed by atoms with E-state index in [4.69, 9.17) is 4.74 Å². The minimum atomic E-state index is -0.406. The summed E-state index contributed by atoms with van der Waals surface area (Å²) in [6.45, 7) is 5.41. The minimum absolute atomic E-state index is 0.151. The first-order chi connectivity index (χ1) is 9.07. The van der Waals surface area contributed by atoms with Gasteiger partial charge < -0.3 is 15.4 Å². The van der Waals surface area contributed by atoms with Crippen molar-refractivity contribution in [2.45, 2.75) is 45.6 Å². The van der Waals surface area contributed by atoms with Crippen molar-refractivity contribution in [2.75, 3.05) is 30.9 Å². The molecule has 0 amide bonds. The predicted octanol–water partition coefficient (Wildman–Crippen LogP) is 1.72. The maximum Gasteiger partial charge on any atom is 0.253 e. The molecule has 0 fully saturated rings. The van der Waals surface area contributed by atoms with Gasteiger partial charge in [0.2, 0.25) is 0 Å². The molecule has 0 aliphatic rings. The van der Waals surface area contributed by atoms with Crippen LogP contribution >= 0.6 is 0 Å². The molecule has 0 aliphatic carbocycles. The van der Waals surface area contributed by atoms with E-state index in [1.165, 1.54) is 0 Å². The molecule has 0 aliphatic heterocycles. The van der Waals surface area contributed by atoms with Gasteiger partial charge in [-0.3, -0.25) is 9.59 Å². The molecule has 0 bridgehead atoms. The molecule has 0 aromatic heterocycles. The molecular weight excluding hydrogens is 244 g/mol.